The molecule has 7 nitrogen and oxygen atoms in total. The number of amides is 1. The lowest BCUT2D eigenvalue weighted by atomic mass is 10.3. The topological polar surface area (TPSA) is 93.7 Å². The summed E-state index contributed by atoms with van der Waals surface area (Å²) in [5.74, 6) is 0.477. The molecule has 0 spiro atoms. The summed E-state index contributed by atoms with van der Waals surface area (Å²) in [5.41, 5.74) is 0.231. The third-order valence-electron chi connectivity index (χ3n) is 3.65. The Labute approximate surface area is 170 Å². The number of hydrogen-bond acceptors (Lipinski definition) is 5. The van der Waals surface area contributed by atoms with Gasteiger partial charge in [0.15, 0.2) is 6.10 Å². The highest BCUT2D eigenvalue weighted by Gasteiger charge is 2.19. The Morgan fingerprint density at radius 2 is 1.71 bits per heavy atom. The lowest BCUT2D eigenvalue weighted by Crippen LogP contribution is -2.40. The summed E-state index contributed by atoms with van der Waals surface area (Å²) in [6.45, 7) is 5.33. The standard InChI is InChI=1S/C19H23ClN2O5S/c1-12(2)21-19(23)13(3)27-15-6-8-16(9-7-15)28(24,25)22-17-11-14(20)5-10-18(17)26-4/h5-13,22H,1-4H3,(H,21,23)/t13-/m0/s1. The van der Waals surface area contributed by atoms with Crippen LogP contribution in [0.1, 0.15) is 20.8 Å². The number of rotatable bonds is 8. The van der Waals surface area contributed by atoms with E-state index in [1.807, 2.05) is 13.8 Å². The van der Waals surface area contributed by atoms with Crippen molar-refractivity contribution in [1.29, 1.82) is 0 Å². The second-order valence-electron chi connectivity index (χ2n) is 6.34. The molecule has 0 saturated carbocycles. The molecule has 1 amide bonds. The summed E-state index contributed by atoms with van der Waals surface area (Å²) in [5, 5.41) is 3.12. The van der Waals surface area contributed by atoms with E-state index in [0.717, 1.165) is 0 Å². The first-order valence-corrected chi connectivity index (χ1v) is 10.4. The molecule has 0 radical (unpaired) electrons. The van der Waals surface area contributed by atoms with E-state index in [1.165, 1.54) is 37.4 Å². The second-order valence-corrected chi connectivity index (χ2v) is 8.46. The lowest BCUT2D eigenvalue weighted by molar-refractivity contribution is -0.127. The van der Waals surface area contributed by atoms with Crippen LogP contribution in [0.15, 0.2) is 47.4 Å². The maximum absolute atomic E-state index is 12.6. The van der Waals surface area contributed by atoms with Gasteiger partial charge in [0.05, 0.1) is 17.7 Å². The predicted octanol–water partition coefficient (Wildman–Crippen LogP) is 3.44. The highest BCUT2D eigenvalue weighted by molar-refractivity contribution is 7.92. The van der Waals surface area contributed by atoms with Crippen molar-refractivity contribution in [2.24, 2.45) is 0 Å². The van der Waals surface area contributed by atoms with Crippen LogP contribution in [0.3, 0.4) is 0 Å². The molecular weight excluding hydrogens is 404 g/mol. The molecule has 0 unspecified atom stereocenters. The molecule has 2 N–H and O–H groups in total. The van der Waals surface area contributed by atoms with Gasteiger partial charge in [0.1, 0.15) is 11.5 Å². The summed E-state index contributed by atoms with van der Waals surface area (Å²) in [6, 6.07) is 10.4. The van der Waals surface area contributed by atoms with Crippen LogP contribution >= 0.6 is 11.6 Å². The van der Waals surface area contributed by atoms with Gasteiger partial charge in [-0.2, -0.15) is 0 Å². The fourth-order valence-corrected chi connectivity index (χ4v) is 3.55. The Balaban J connectivity index is 2.14. The quantitative estimate of drug-likeness (QED) is 0.674. The molecule has 0 aliphatic rings. The van der Waals surface area contributed by atoms with Gasteiger partial charge in [0.2, 0.25) is 0 Å². The number of methoxy groups -OCH3 is 1. The van der Waals surface area contributed by atoms with Gasteiger partial charge in [-0.25, -0.2) is 8.42 Å². The SMILES string of the molecule is COc1ccc(Cl)cc1NS(=O)(=O)c1ccc(O[C@@H](C)C(=O)NC(C)C)cc1. The summed E-state index contributed by atoms with van der Waals surface area (Å²) in [6.07, 6.45) is -0.710. The van der Waals surface area contributed by atoms with E-state index >= 15 is 0 Å². The van der Waals surface area contributed by atoms with Gasteiger partial charge in [-0.3, -0.25) is 9.52 Å². The van der Waals surface area contributed by atoms with Crippen molar-refractivity contribution in [3.63, 3.8) is 0 Å². The molecule has 0 aliphatic carbocycles. The number of sulfonamides is 1. The van der Waals surface area contributed by atoms with E-state index in [2.05, 4.69) is 10.0 Å². The van der Waals surface area contributed by atoms with Crippen LogP contribution in [-0.4, -0.2) is 33.6 Å². The van der Waals surface area contributed by atoms with Crippen LogP contribution in [-0.2, 0) is 14.8 Å². The van der Waals surface area contributed by atoms with Crippen LogP contribution < -0.4 is 19.5 Å². The minimum Gasteiger partial charge on any atom is -0.495 e. The van der Waals surface area contributed by atoms with Crippen molar-refractivity contribution in [3.05, 3.63) is 47.5 Å². The summed E-state index contributed by atoms with van der Waals surface area (Å²) >= 11 is 5.94. The monoisotopic (exact) mass is 426 g/mol. The molecule has 0 aliphatic heterocycles. The van der Waals surface area contributed by atoms with E-state index in [9.17, 15) is 13.2 Å². The Bertz CT molecular complexity index is 930. The highest BCUT2D eigenvalue weighted by Crippen LogP contribution is 2.30. The molecule has 2 rings (SSSR count). The first kappa shape index (κ1) is 21.8. The average molecular weight is 427 g/mol. The number of hydrogen-bond donors (Lipinski definition) is 2. The van der Waals surface area contributed by atoms with Crippen molar-refractivity contribution in [1.82, 2.24) is 5.32 Å². The smallest absolute Gasteiger partial charge is 0.262 e. The normalized spacial score (nSPS) is 12.4. The van der Waals surface area contributed by atoms with E-state index in [-0.39, 0.29) is 22.5 Å². The van der Waals surface area contributed by atoms with Gasteiger partial charge in [0.25, 0.3) is 15.9 Å². The van der Waals surface area contributed by atoms with Crippen LogP contribution in [0.4, 0.5) is 5.69 Å². The zero-order valence-electron chi connectivity index (χ0n) is 16.0. The minimum absolute atomic E-state index is 0.000578. The van der Waals surface area contributed by atoms with E-state index in [1.54, 1.807) is 19.1 Å². The van der Waals surface area contributed by atoms with E-state index in [0.29, 0.717) is 16.5 Å². The molecular formula is C19H23ClN2O5S. The lowest BCUT2D eigenvalue weighted by Gasteiger charge is -2.17. The molecule has 2 aromatic rings. The fraction of sp³-hybridized carbons (Fsp3) is 0.316. The Hall–Kier alpha value is -2.45. The second kappa shape index (κ2) is 9.16. The van der Waals surface area contributed by atoms with E-state index in [4.69, 9.17) is 21.1 Å². The van der Waals surface area contributed by atoms with Gasteiger partial charge in [0, 0.05) is 11.1 Å². The van der Waals surface area contributed by atoms with Crippen molar-refractivity contribution in [3.8, 4) is 11.5 Å². The van der Waals surface area contributed by atoms with Crippen molar-refractivity contribution < 1.29 is 22.7 Å². The third kappa shape index (κ3) is 5.77. The largest absolute Gasteiger partial charge is 0.495 e. The van der Waals surface area contributed by atoms with Gasteiger partial charge in [-0.1, -0.05) is 11.6 Å². The summed E-state index contributed by atoms with van der Waals surface area (Å²) in [4.78, 5) is 11.9. The molecule has 9 heteroatoms. The number of carbonyl (C=O) groups is 1. The van der Waals surface area contributed by atoms with Gasteiger partial charge < -0.3 is 14.8 Å². The first-order chi connectivity index (χ1) is 13.1. The van der Waals surface area contributed by atoms with Crippen LogP contribution in [0, 0.1) is 0 Å². The molecule has 0 aromatic heterocycles. The van der Waals surface area contributed by atoms with Gasteiger partial charge in [-0.05, 0) is 63.2 Å². The number of anilines is 1. The molecule has 0 saturated heterocycles. The number of ether oxygens (including phenoxy) is 2. The Morgan fingerprint density at radius 1 is 1.07 bits per heavy atom. The molecule has 0 fully saturated rings. The Kier molecular flexibility index (Phi) is 7.15. The molecule has 1 atom stereocenters. The zero-order valence-corrected chi connectivity index (χ0v) is 17.6. The predicted molar refractivity (Wildman–Crippen MR) is 109 cm³/mol. The zero-order chi connectivity index (χ0) is 20.9. The van der Waals surface area contributed by atoms with Crippen LogP contribution in [0.5, 0.6) is 11.5 Å². The minimum atomic E-state index is -3.86. The number of carbonyl (C=O) groups excluding carboxylic acids is 1. The van der Waals surface area contributed by atoms with Crippen LogP contribution in [0.2, 0.25) is 5.02 Å². The number of benzene rings is 2. The first-order valence-electron chi connectivity index (χ1n) is 8.56. The number of nitrogens with one attached hydrogen (secondary N) is 2. The molecule has 2 aromatic carbocycles. The van der Waals surface area contributed by atoms with Crippen molar-refractivity contribution in [2.45, 2.75) is 37.8 Å². The maximum Gasteiger partial charge on any atom is 0.262 e. The van der Waals surface area contributed by atoms with Gasteiger partial charge >= 0.3 is 0 Å². The molecule has 0 heterocycles. The van der Waals surface area contributed by atoms with Crippen LogP contribution in [0.25, 0.3) is 0 Å². The number of halogens is 1. The third-order valence-corrected chi connectivity index (χ3v) is 5.27. The van der Waals surface area contributed by atoms with Crippen molar-refractivity contribution in [2.75, 3.05) is 11.8 Å². The summed E-state index contributed by atoms with van der Waals surface area (Å²) in [7, 11) is -2.43. The van der Waals surface area contributed by atoms with E-state index < -0.39 is 16.1 Å². The fourth-order valence-electron chi connectivity index (χ4n) is 2.32. The average Bonchev–Trinajstić information content (AvgIpc) is 2.61. The highest BCUT2D eigenvalue weighted by atomic mass is 35.5. The van der Waals surface area contributed by atoms with Gasteiger partial charge in [-0.15, -0.1) is 0 Å². The molecule has 0 bridgehead atoms. The summed E-state index contributed by atoms with van der Waals surface area (Å²) < 4.78 is 38.4. The van der Waals surface area contributed by atoms with Crippen molar-refractivity contribution >= 4 is 33.2 Å². The Morgan fingerprint density at radius 3 is 2.29 bits per heavy atom. The maximum atomic E-state index is 12.6. The molecule has 152 valence electrons. The molecule has 28 heavy (non-hydrogen) atoms.